The first-order valence-electron chi connectivity index (χ1n) is 5.27. The maximum atomic E-state index is 11.6. The van der Waals surface area contributed by atoms with Gasteiger partial charge in [0, 0.05) is 0 Å². The van der Waals surface area contributed by atoms with Crippen LogP contribution in [0.5, 0.6) is 0 Å². The van der Waals surface area contributed by atoms with Crippen LogP contribution in [0.25, 0.3) is 0 Å². The molecule has 0 aromatic heterocycles. The van der Waals surface area contributed by atoms with Crippen molar-refractivity contribution in [2.45, 2.75) is 31.9 Å². The van der Waals surface area contributed by atoms with Gasteiger partial charge in [0.2, 0.25) is 0 Å². The average molecular weight is 275 g/mol. The van der Waals surface area contributed by atoms with Crippen LogP contribution in [0, 0.1) is 0 Å². The van der Waals surface area contributed by atoms with Crippen LogP contribution in [0.3, 0.4) is 0 Å². The van der Waals surface area contributed by atoms with E-state index in [-0.39, 0.29) is 6.29 Å². The summed E-state index contributed by atoms with van der Waals surface area (Å²) in [6, 6.07) is 0. The minimum absolute atomic E-state index is 0.0748. The Morgan fingerprint density at radius 3 is 1.68 bits per heavy atom. The van der Waals surface area contributed by atoms with E-state index in [9.17, 15) is 19.2 Å². The van der Waals surface area contributed by atoms with Gasteiger partial charge in [-0.25, -0.2) is 14.4 Å². The summed E-state index contributed by atoms with van der Waals surface area (Å²) in [6.45, 7) is 4.72. The molecule has 1 N–H and O–H groups in total. The Morgan fingerprint density at radius 1 is 1.00 bits per heavy atom. The maximum Gasteiger partial charge on any atom is 0.409 e. The van der Waals surface area contributed by atoms with Gasteiger partial charge in [-0.1, -0.05) is 0 Å². The molecule has 0 aromatic rings. The van der Waals surface area contributed by atoms with Gasteiger partial charge in [-0.15, -0.1) is 0 Å². The van der Waals surface area contributed by atoms with Gasteiger partial charge in [-0.05, 0) is 20.8 Å². The third-order valence-corrected chi connectivity index (χ3v) is 1.89. The number of ether oxygens (including phenoxy) is 3. The molecule has 8 nitrogen and oxygen atoms in total. The number of methoxy groups -OCH3 is 2. The molecule has 0 bridgehead atoms. The molecule has 108 valence electrons. The SMILES string of the molecule is COC(=O)C(C=O)(NC(=O)OC(C)(C)C)C(=O)OC. The van der Waals surface area contributed by atoms with E-state index in [0.29, 0.717) is 0 Å². The first-order chi connectivity index (χ1) is 8.62. The standard InChI is InChI=1S/C11H17NO7/c1-10(2,3)19-9(16)12-11(6-13,7(14)17-4)8(15)18-5/h6H,1-5H3,(H,12,16). The van der Waals surface area contributed by atoms with E-state index in [1.54, 1.807) is 20.8 Å². The zero-order chi connectivity index (χ0) is 15.3. The molecule has 0 aliphatic rings. The Hall–Kier alpha value is -2.12. The van der Waals surface area contributed by atoms with Crippen molar-refractivity contribution in [3.8, 4) is 0 Å². The van der Waals surface area contributed by atoms with Crippen molar-refractivity contribution >= 4 is 24.3 Å². The van der Waals surface area contributed by atoms with E-state index >= 15 is 0 Å². The second-order valence-electron chi connectivity index (χ2n) is 4.54. The average Bonchev–Trinajstić information content (AvgIpc) is 2.31. The molecule has 19 heavy (non-hydrogen) atoms. The van der Waals surface area contributed by atoms with Gasteiger partial charge >= 0.3 is 18.0 Å². The van der Waals surface area contributed by atoms with Crippen molar-refractivity contribution in [1.82, 2.24) is 5.32 Å². The summed E-state index contributed by atoms with van der Waals surface area (Å²) in [5.74, 6) is -2.56. The number of carbonyl (C=O) groups is 4. The first-order valence-corrected chi connectivity index (χ1v) is 5.27. The smallest absolute Gasteiger partial charge is 0.409 e. The summed E-state index contributed by atoms with van der Waals surface area (Å²) in [7, 11) is 1.92. The van der Waals surface area contributed by atoms with Crippen LogP contribution >= 0.6 is 0 Å². The second-order valence-corrected chi connectivity index (χ2v) is 4.54. The maximum absolute atomic E-state index is 11.6. The molecule has 8 heteroatoms. The van der Waals surface area contributed by atoms with Gasteiger partial charge < -0.3 is 14.2 Å². The van der Waals surface area contributed by atoms with Crippen molar-refractivity contribution in [1.29, 1.82) is 0 Å². The number of alkyl carbamates (subject to hydrolysis) is 1. The predicted molar refractivity (Wildman–Crippen MR) is 62.2 cm³/mol. The van der Waals surface area contributed by atoms with E-state index in [1.807, 2.05) is 5.32 Å². The van der Waals surface area contributed by atoms with E-state index in [0.717, 1.165) is 14.2 Å². The lowest BCUT2D eigenvalue weighted by Crippen LogP contribution is -2.63. The molecule has 0 rings (SSSR count). The normalized spacial score (nSPS) is 11.2. The summed E-state index contributed by atoms with van der Waals surface area (Å²) in [5, 5.41) is 1.86. The van der Waals surface area contributed by atoms with Gasteiger partial charge in [0.05, 0.1) is 14.2 Å². The number of rotatable bonds is 4. The minimum Gasteiger partial charge on any atom is -0.466 e. The Morgan fingerprint density at radius 2 is 1.42 bits per heavy atom. The van der Waals surface area contributed by atoms with Crippen LogP contribution in [-0.2, 0) is 28.6 Å². The number of esters is 2. The summed E-state index contributed by atoms with van der Waals surface area (Å²) >= 11 is 0. The molecule has 0 saturated carbocycles. The van der Waals surface area contributed by atoms with Crippen LogP contribution in [0.1, 0.15) is 20.8 Å². The Balaban J connectivity index is 5.28. The molecule has 0 fully saturated rings. The number of carbonyl (C=O) groups excluding carboxylic acids is 4. The number of hydrogen-bond acceptors (Lipinski definition) is 7. The fourth-order valence-corrected chi connectivity index (χ4v) is 1.10. The van der Waals surface area contributed by atoms with E-state index in [4.69, 9.17) is 4.74 Å². The lowest BCUT2D eigenvalue weighted by Gasteiger charge is -2.26. The molecule has 0 aromatic carbocycles. The van der Waals surface area contributed by atoms with Crippen molar-refractivity contribution < 1.29 is 33.4 Å². The number of aldehydes is 1. The van der Waals surface area contributed by atoms with Crippen LogP contribution < -0.4 is 5.32 Å². The molecule has 0 aliphatic carbocycles. The van der Waals surface area contributed by atoms with Crippen LogP contribution in [0.4, 0.5) is 4.79 Å². The highest BCUT2D eigenvalue weighted by atomic mass is 16.6. The van der Waals surface area contributed by atoms with Crippen molar-refractivity contribution in [3.63, 3.8) is 0 Å². The van der Waals surface area contributed by atoms with Gasteiger partial charge in [-0.2, -0.15) is 0 Å². The van der Waals surface area contributed by atoms with Crippen molar-refractivity contribution in [2.75, 3.05) is 14.2 Å². The molecule has 0 saturated heterocycles. The topological polar surface area (TPSA) is 108 Å². The number of nitrogens with one attached hydrogen (secondary N) is 1. The molecular formula is C11H17NO7. The molecule has 0 spiro atoms. The zero-order valence-corrected chi connectivity index (χ0v) is 11.4. The van der Waals surface area contributed by atoms with Gasteiger partial charge in [0.15, 0.2) is 6.29 Å². The molecule has 1 amide bonds. The lowest BCUT2D eigenvalue weighted by molar-refractivity contribution is -0.163. The Labute approximate surface area is 110 Å². The quantitative estimate of drug-likeness (QED) is 0.327. The minimum atomic E-state index is -2.58. The highest BCUT2D eigenvalue weighted by Crippen LogP contribution is 2.11. The Kier molecular flexibility index (Phi) is 5.48. The van der Waals surface area contributed by atoms with Crippen LogP contribution in [0.2, 0.25) is 0 Å². The monoisotopic (exact) mass is 275 g/mol. The van der Waals surface area contributed by atoms with Crippen LogP contribution in [0.15, 0.2) is 0 Å². The number of amides is 1. The van der Waals surface area contributed by atoms with Gasteiger partial charge in [0.25, 0.3) is 5.54 Å². The third-order valence-electron chi connectivity index (χ3n) is 1.89. The molecule has 0 radical (unpaired) electrons. The highest BCUT2D eigenvalue weighted by molar-refractivity contribution is 6.20. The predicted octanol–water partition coefficient (Wildman–Crippen LogP) is -0.205. The summed E-state index contributed by atoms with van der Waals surface area (Å²) in [4.78, 5) is 45.7. The van der Waals surface area contributed by atoms with E-state index in [1.165, 1.54) is 0 Å². The summed E-state index contributed by atoms with van der Waals surface area (Å²) in [6.07, 6.45) is -1.20. The second kappa shape index (κ2) is 6.17. The molecule has 0 atom stereocenters. The van der Waals surface area contributed by atoms with E-state index in [2.05, 4.69) is 9.47 Å². The highest BCUT2D eigenvalue weighted by Gasteiger charge is 2.51. The molecule has 0 unspecified atom stereocenters. The lowest BCUT2D eigenvalue weighted by atomic mass is 10.0. The molecular weight excluding hydrogens is 258 g/mol. The summed E-state index contributed by atoms with van der Waals surface area (Å²) < 4.78 is 13.5. The van der Waals surface area contributed by atoms with E-state index < -0.39 is 29.2 Å². The first kappa shape index (κ1) is 16.9. The number of hydrogen-bond donors (Lipinski definition) is 1. The van der Waals surface area contributed by atoms with Gasteiger partial charge in [0.1, 0.15) is 5.60 Å². The van der Waals surface area contributed by atoms with Crippen molar-refractivity contribution in [3.05, 3.63) is 0 Å². The summed E-state index contributed by atoms with van der Waals surface area (Å²) in [5.41, 5.74) is -3.45. The largest absolute Gasteiger partial charge is 0.466 e. The Bertz CT molecular complexity index is 367. The zero-order valence-electron chi connectivity index (χ0n) is 11.4. The molecule has 0 heterocycles. The molecule has 0 aliphatic heterocycles. The fourth-order valence-electron chi connectivity index (χ4n) is 1.10. The van der Waals surface area contributed by atoms with Crippen LogP contribution in [-0.4, -0.2) is 49.7 Å². The van der Waals surface area contributed by atoms with Crippen molar-refractivity contribution in [2.24, 2.45) is 0 Å². The fraction of sp³-hybridized carbons (Fsp3) is 0.636. The third kappa shape index (κ3) is 4.23. The van der Waals surface area contributed by atoms with Gasteiger partial charge in [-0.3, -0.25) is 10.1 Å².